The van der Waals surface area contributed by atoms with Crippen molar-refractivity contribution in [2.75, 3.05) is 5.32 Å². The van der Waals surface area contributed by atoms with Gasteiger partial charge < -0.3 is 14.8 Å². The number of nitrogens with one attached hydrogen (secondary N) is 1. The smallest absolute Gasteiger partial charge is 0.226 e. The standard InChI is InChI=1S/C26H27N5O2/c1-18(32)30-15-13-19-8-4-5-11-22(19)23(30)17-25(33)27-21-10-7-9-20(16-21)26-29-28-24-12-3-2-6-14-31(24)26/h4-5,7-11,13,15-16,23H,2-3,6,12,14,17H2,1H3,(H,27,33)/t23-/m1/s1. The Balaban J connectivity index is 1.35. The Kier molecular flexibility index (Phi) is 5.77. The molecule has 168 valence electrons. The van der Waals surface area contributed by atoms with Crippen LogP contribution in [-0.2, 0) is 22.6 Å². The van der Waals surface area contributed by atoms with Gasteiger partial charge in [-0.05, 0) is 42.2 Å². The molecule has 0 saturated carbocycles. The average Bonchev–Trinajstić information content (AvgIpc) is 3.07. The first-order valence-electron chi connectivity index (χ1n) is 11.5. The van der Waals surface area contributed by atoms with E-state index in [0.29, 0.717) is 5.69 Å². The lowest BCUT2D eigenvalue weighted by Gasteiger charge is -2.32. The van der Waals surface area contributed by atoms with Crippen molar-refractivity contribution < 1.29 is 9.59 Å². The van der Waals surface area contributed by atoms with E-state index in [1.807, 2.05) is 54.6 Å². The first kappa shape index (κ1) is 21.1. The van der Waals surface area contributed by atoms with Crippen LogP contribution in [0.2, 0.25) is 0 Å². The molecule has 0 unspecified atom stereocenters. The van der Waals surface area contributed by atoms with Gasteiger partial charge in [0.1, 0.15) is 5.82 Å². The van der Waals surface area contributed by atoms with Crippen molar-refractivity contribution in [2.45, 2.75) is 51.6 Å². The van der Waals surface area contributed by atoms with Crippen molar-refractivity contribution in [3.8, 4) is 11.4 Å². The number of carbonyl (C=O) groups is 2. The number of fused-ring (bicyclic) bond motifs is 2. The maximum Gasteiger partial charge on any atom is 0.226 e. The van der Waals surface area contributed by atoms with E-state index in [1.165, 1.54) is 13.3 Å². The quantitative estimate of drug-likeness (QED) is 0.643. The fourth-order valence-corrected chi connectivity index (χ4v) is 4.74. The highest BCUT2D eigenvalue weighted by atomic mass is 16.2. The minimum Gasteiger partial charge on any atom is -0.326 e. The molecule has 33 heavy (non-hydrogen) atoms. The summed E-state index contributed by atoms with van der Waals surface area (Å²) < 4.78 is 2.20. The number of rotatable bonds is 4. The Morgan fingerprint density at radius 3 is 2.82 bits per heavy atom. The van der Waals surface area contributed by atoms with Gasteiger partial charge in [-0.3, -0.25) is 9.59 Å². The fourth-order valence-electron chi connectivity index (χ4n) is 4.74. The molecule has 0 aliphatic carbocycles. The zero-order chi connectivity index (χ0) is 22.8. The molecule has 5 rings (SSSR count). The summed E-state index contributed by atoms with van der Waals surface area (Å²) in [5, 5.41) is 11.8. The Hall–Kier alpha value is -3.74. The number of hydrogen-bond donors (Lipinski definition) is 1. The number of hydrogen-bond acceptors (Lipinski definition) is 4. The summed E-state index contributed by atoms with van der Waals surface area (Å²) in [6.07, 6.45) is 8.27. The molecule has 7 nitrogen and oxygen atoms in total. The summed E-state index contributed by atoms with van der Waals surface area (Å²) in [6, 6.07) is 15.3. The van der Waals surface area contributed by atoms with Gasteiger partial charge >= 0.3 is 0 Å². The Bertz CT molecular complexity index is 1230. The number of aryl methyl sites for hydroxylation is 1. The van der Waals surface area contributed by atoms with Crippen LogP contribution in [0, 0.1) is 0 Å². The Labute approximate surface area is 193 Å². The highest BCUT2D eigenvalue weighted by Crippen LogP contribution is 2.33. The highest BCUT2D eigenvalue weighted by molar-refractivity contribution is 5.92. The molecular weight excluding hydrogens is 414 g/mol. The van der Waals surface area contributed by atoms with Crippen LogP contribution in [0.1, 0.15) is 55.6 Å². The van der Waals surface area contributed by atoms with Gasteiger partial charge in [-0.2, -0.15) is 0 Å². The minimum absolute atomic E-state index is 0.0898. The molecule has 1 aromatic heterocycles. The van der Waals surface area contributed by atoms with E-state index in [1.54, 1.807) is 11.1 Å². The van der Waals surface area contributed by atoms with Crippen LogP contribution in [0.25, 0.3) is 17.5 Å². The summed E-state index contributed by atoms with van der Waals surface area (Å²) in [6.45, 7) is 2.44. The lowest BCUT2D eigenvalue weighted by molar-refractivity contribution is -0.129. The molecule has 1 atom stereocenters. The predicted octanol–water partition coefficient (Wildman–Crippen LogP) is 4.57. The van der Waals surface area contributed by atoms with Crippen LogP contribution in [0.15, 0.2) is 54.7 Å². The van der Waals surface area contributed by atoms with Crippen molar-refractivity contribution >= 4 is 23.6 Å². The monoisotopic (exact) mass is 441 g/mol. The molecule has 3 aromatic rings. The van der Waals surface area contributed by atoms with Gasteiger partial charge in [-0.1, -0.05) is 42.8 Å². The second-order valence-electron chi connectivity index (χ2n) is 8.62. The molecule has 0 radical (unpaired) electrons. The molecule has 0 bridgehead atoms. The number of nitrogens with zero attached hydrogens (tertiary/aromatic N) is 4. The predicted molar refractivity (Wildman–Crippen MR) is 127 cm³/mol. The van der Waals surface area contributed by atoms with Gasteiger partial charge in [0.15, 0.2) is 5.82 Å². The number of amides is 2. The first-order valence-corrected chi connectivity index (χ1v) is 11.5. The minimum atomic E-state index is -0.334. The summed E-state index contributed by atoms with van der Waals surface area (Å²) in [4.78, 5) is 26.9. The van der Waals surface area contributed by atoms with Crippen LogP contribution in [0.3, 0.4) is 0 Å². The van der Waals surface area contributed by atoms with Crippen LogP contribution in [-0.4, -0.2) is 31.5 Å². The zero-order valence-electron chi connectivity index (χ0n) is 18.7. The number of benzene rings is 2. The molecular formula is C26H27N5O2. The van der Waals surface area contributed by atoms with Gasteiger partial charge in [-0.25, -0.2) is 0 Å². The van der Waals surface area contributed by atoms with Crippen molar-refractivity contribution in [1.82, 2.24) is 19.7 Å². The van der Waals surface area contributed by atoms with E-state index < -0.39 is 0 Å². The summed E-state index contributed by atoms with van der Waals surface area (Å²) >= 11 is 0. The second-order valence-corrected chi connectivity index (χ2v) is 8.62. The van der Waals surface area contributed by atoms with Crippen LogP contribution >= 0.6 is 0 Å². The van der Waals surface area contributed by atoms with E-state index in [-0.39, 0.29) is 24.3 Å². The third-order valence-corrected chi connectivity index (χ3v) is 6.36. The van der Waals surface area contributed by atoms with Crippen LogP contribution in [0.4, 0.5) is 5.69 Å². The van der Waals surface area contributed by atoms with E-state index in [9.17, 15) is 9.59 Å². The average molecular weight is 442 g/mol. The fraction of sp³-hybridized carbons (Fsp3) is 0.308. The number of anilines is 1. The third kappa shape index (κ3) is 4.31. The van der Waals surface area contributed by atoms with E-state index in [4.69, 9.17) is 0 Å². The first-order chi connectivity index (χ1) is 16.1. The summed E-state index contributed by atoms with van der Waals surface area (Å²) in [5.41, 5.74) is 3.65. The van der Waals surface area contributed by atoms with Gasteiger partial charge in [-0.15, -0.1) is 10.2 Å². The van der Waals surface area contributed by atoms with Gasteiger partial charge in [0, 0.05) is 37.3 Å². The van der Waals surface area contributed by atoms with Crippen molar-refractivity contribution in [1.29, 1.82) is 0 Å². The maximum absolute atomic E-state index is 13.0. The van der Waals surface area contributed by atoms with Gasteiger partial charge in [0.05, 0.1) is 12.5 Å². The molecule has 2 aliphatic rings. The SMILES string of the molecule is CC(=O)N1C=Cc2ccccc2[C@H]1CC(=O)Nc1cccc(-c2nnc3n2CCCCC3)c1. The maximum atomic E-state index is 13.0. The van der Waals surface area contributed by atoms with E-state index in [0.717, 1.165) is 54.1 Å². The van der Waals surface area contributed by atoms with Crippen LogP contribution in [0.5, 0.6) is 0 Å². The number of carbonyl (C=O) groups excluding carboxylic acids is 2. The van der Waals surface area contributed by atoms with Crippen molar-refractivity contribution in [2.24, 2.45) is 0 Å². The number of aromatic nitrogens is 3. The van der Waals surface area contributed by atoms with E-state index >= 15 is 0 Å². The lowest BCUT2D eigenvalue weighted by atomic mass is 9.93. The Morgan fingerprint density at radius 1 is 1.06 bits per heavy atom. The molecule has 2 aliphatic heterocycles. The van der Waals surface area contributed by atoms with Crippen molar-refractivity contribution in [3.63, 3.8) is 0 Å². The second kappa shape index (κ2) is 9.02. The summed E-state index contributed by atoms with van der Waals surface area (Å²) in [5.74, 6) is 1.64. The van der Waals surface area contributed by atoms with Gasteiger partial charge in [0.2, 0.25) is 11.8 Å². The van der Waals surface area contributed by atoms with Crippen molar-refractivity contribution in [3.05, 3.63) is 71.7 Å². The molecule has 2 amide bonds. The molecule has 7 heteroatoms. The molecule has 1 N–H and O–H groups in total. The lowest BCUT2D eigenvalue weighted by Crippen LogP contribution is -2.33. The largest absolute Gasteiger partial charge is 0.326 e. The van der Waals surface area contributed by atoms with Crippen LogP contribution < -0.4 is 5.32 Å². The highest BCUT2D eigenvalue weighted by Gasteiger charge is 2.28. The molecule has 0 saturated heterocycles. The topological polar surface area (TPSA) is 80.1 Å². The zero-order valence-corrected chi connectivity index (χ0v) is 18.7. The Morgan fingerprint density at radius 2 is 1.94 bits per heavy atom. The van der Waals surface area contributed by atoms with Gasteiger partial charge in [0.25, 0.3) is 0 Å². The third-order valence-electron chi connectivity index (χ3n) is 6.36. The normalized spacial score (nSPS) is 17.1. The molecule has 2 aromatic carbocycles. The van der Waals surface area contributed by atoms with E-state index in [2.05, 4.69) is 20.1 Å². The molecule has 0 fully saturated rings. The summed E-state index contributed by atoms with van der Waals surface area (Å²) in [7, 11) is 0. The molecule has 3 heterocycles. The molecule has 0 spiro atoms.